The molecule has 0 spiro atoms. The molecule has 3 nitrogen and oxygen atoms in total. The summed E-state index contributed by atoms with van der Waals surface area (Å²) >= 11 is 0. The zero-order chi connectivity index (χ0) is 9.68. The standard InChI is InChI=1S/C10H14N2O/c1-8(2)3-4-10(13)9-7-11-5-6-12-9/h5-8H,3-4H2,1-2H3. The van der Waals surface area contributed by atoms with E-state index in [2.05, 4.69) is 23.8 Å². The van der Waals surface area contributed by atoms with Gasteiger partial charge in [-0.25, -0.2) is 4.98 Å². The molecule has 0 amide bonds. The summed E-state index contributed by atoms with van der Waals surface area (Å²) < 4.78 is 0. The number of hydrogen-bond acceptors (Lipinski definition) is 3. The minimum absolute atomic E-state index is 0.0850. The second-order valence-corrected chi connectivity index (χ2v) is 3.45. The van der Waals surface area contributed by atoms with E-state index in [4.69, 9.17) is 0 Å². The Bertz CT molecular complexity index is 270. The van der Waals surface area contributed by atoms with Crippen molar-refractivity contribution in [1.29, 1.82) is 0 Å². The molecule has 1 aromatic heterocycles. The van der Waals surface area contributed by atoms with Gasteiger partial charge in [-0.2, -0.15) is 0 Å². The van der Waals surface area contributed by atoms with Crippen LogP contribution < -0.4 is 0 Å². The van der Waals surface area contributed by atoms with Crippen molar-refractivity contribution >= 4 is 5.78 Å². The van der Waals surface area contributed by atoms with Crippen molar-refractivity contribution in [1.82, 2.24) is 9.97 Å². The van der Waals surface area contributed by atoms with E-state index in [1.807, 2.05) is 0 Å². The number of rotatable bonds is 4. The zero-order valence-electron chi connectivity index (χ0n) is 8.03. The third kappa shape index (κ3) is 3.32. The fraction of sp³-hybridized carbons (Fsp3) is 0.500. The van der Waals surface area contributed by atoms with Gasteiger partial charge in [0.05, 0.1) is 6.20 Å². The second-order valence-electron chi connectivity index (χ2n) is 3.45. The average Bonchev–Trinajstić information content (AvgIpc) is 2.15. The van der Waals surface area contributed by atoms with Gasteiger partial charge in [-0.1, -0.05) is 13.8 Å². The maximum atomic E-state index is 11.4. The van der Waals surface area contributed by atoms with E-state index in [1.165, 1.54) is 6.20 Å². The van der Waals surface area contributed by atoms with Gasteiger partial charge in [0, 0.05) is 18.8 Å². The first kappa shape index (κ1) is 9.84. The molecule has 13 heavy (non-hydrogen) atoms. The highest BCUT2D eigenvalue weighted by atomic mass is 16.1. The molecule has 0 aliphatic carbocycles. The minimum Gasteiger partial charge on any atom is -0.292 e. The summed E-state index contributed by atoms with van der Waals surface area (Å²) in [5.41, 5.74) is 0.475. The van der Waals surface area contributed by atoms with Gasteiger partial charge in [0.25, 0.3) is 0 Å². The zero-order valence-corrected chi connectivity index (χ0v) is 8.03. The van der Waals surface area contributed by atoms with Gasteiger partial charge < -0.3 is 0 Å². The van der Waals surface area contributed by atoms with Gasteiger partial charge in [0.2, 0.25) is 0 Å². The third-order valence-corrected chi connectivity index (χ3v) is 1.80. The van der Waals surface area contributed by atoms with Crippen LogP contribution in [0.2, 0.25) is 0 Å². The van der Waals surface area contributed by atoms with Crippen molar-refractivity contribution in [3.63, 3.8) is 0 Å². The van der Waals surface area contributed by atoms with Crippen LogP contribution in [0.1, 0.15) is 37.2 Å². The van der Waals surface area contributed by atoms with E-state index in [0.717, 1.165) is 6.42 Å². The molecule has 1 heterocycles. The fourth-order valence-electron chi connectivity index (χ4n) is 0.991. The first-order valence-electron chi connectivity index (χ1n) is 4.49. The minimum atomic E-state index is 0.0850. The first-order chi connectivity index (χ1) is 6.20. The monoisotopic (exact) mass is 178 g/mol. The Labute approximate surface area is 78.2 Å². The molecule has 0 atom stereocenters. The normalized spacial score (nSPS) is 10.4. The van der Waals surface area contributed by atoms with E-state index in [1.54, 1.807) is 12.4 Å². The van der Waals surface area contributed by atoms with Crippen LogP contribution in [0.25, 0.3) is 0 Å². The predicted molar refractivity (Wildman–Crippen MR) is 50.4 cm³/mol. The van der Waals surface area contributed by atoms with Gasteiger partial charge in [-0.3, -0.25) is 9.78 Å². The molecule has 70 valence electrons. The molecule has 1 rings (SSSR count). The van der Waals surface area contributed by atoms with Gasteiger partial charge in [-0.05, 0) is 12.3 Å². The van der Waals surface area contributed by atoms with Crippen molar-refractivity contribution in [2.75, 3.05) is 0 Å². The molecule has 3 heteroatoms. The van der Waals surface area contributed by atoms with E-state index >= 15 is 0 Å². The van der Waals surface area contributed by atoms with Crippen LogP contribution >= 0.6 is 0 Å². The molecular formula is C10H14N2O. The van der Waals surface area contributed by atoms with E-state index in [-0.39, 0.29) is 5.78 Å². The second kappa shape index (κ2) is 4.70. The van der Waals surface area contributed by atoms with Crippen LogP contribution in [0, 0.1) is 5.92 Å². The molecule has 0 saturated carbocycles. The number of carbonyl (C=O) groups excluding carboxylic acids is 1. The summed E-state index contributed by atoms with van der Waals surface area (Å²) in [6, 6.07) is 0. The Hall–Kier alpha value is -1.25. The van der Waals surface area contributed by atoms with Gasteiger partial charge in [0.1, 0.15) is 5.69 Å². The Kier molecular flexibility index (Phi) is 3.55. The average molecular weight is 178 g/mol. The van der Waals surface area contributed by atoms with Crippen LogP contribution in [0.4, 0.5) is 0 Å². The molecule has 0 N–H and O–H groups in total. The highest BCUT2D eigenvalue weighted by Crippen LogP contribution is 2.07. The van der Waals surface area contributed by atoms with Crippen LogP contribution in [-0.4, -0.2) is 15.8 Å². The summed E-state index contributed by atoms with van der Waals surface area (Å²) in [5, 5.41) is 0. The van der Waals surface area contributed by atoms with Crippen molar-refractivity contribution < 1.29 is 4.79 Å². The highest BCUT2D eigenvalue weighted by Gasteiger charge is 2.07. The topological polar surface area (TPSA) is 42.9 Å². The van der Waals surface area contributed by atoms with Gasteiger partial charge in [-0.15, -0.1) is 0 Å². The van der Waals surface area contributed by atoms with Crippen LogP contribution in [-0.2, 0) is 0 Å². The van der Waals surface area contributed by atoms with Crippen LogP contribution in [0.5, 0.6) is 0 Å². The van der Waals surface area contributed by atoms with Gasteiger partial charge >= 0.3 is 0 Å². The Morgan fingerprint density at radius 2 is 2.23 bits per heavy atom. The molecule has 0 unspecified atom stereocenters. The largest absolute Gasteiger partial charge is 0.292 e. The van der Waals surface area contributed by atoms with E-state index in [9.17, 15) is 4.79 Å². The summed E-state index contributed by atoms with van der Waals surface area (Å²) in [4.78, 5) is 19.2. The molecule has 0 saturated heterocycles. The molecule has 0 fully saturated rings. The fourth-order valence-corrected chi connectivity index (χ4v) is 0.991. The number of Topliss-reactive ketones (excluding diaryl/α,β-unsaturated/α-hetero) is 1. The van der Waals surface area contributed by atoms with E-state index in [0.29, 0.717) is 18.0 Å². The van der Waals surface area contributed by atoms with Crippen molar-refractivity contribution in [2.45, 2.75) is 26.7 Å². The number of aromatic nitrogens is 2. The molecule has 1 aromatic rings. The lowest BCUT2D eigenvalue weighted by molar-refractivity contribution is 0.0970. The number of hydrogen-bond donors (Lipinski definition) is 0. The highest BCUT2D eigenvalue weighted by molar-refractivity contribution is 5.93. The van der Waals surface area contributed by atoms with Crippen molar-refractivity contribution in [3.05, 3.63) is 24.3 Å². The summed E-state index contributed by atoms with van der Waals surface area (Å²) in [6.45, 7) is 4.20. The Balaban J connectivity index is 2.50. The molecule has 0 aromatic carbocycles. The Morgan fingerprint density at radius 3 is 2.77 bits per heavy atom. The van der Waals surface area contributed by atoms with Crippen molar-refractivity contribution in [3.8, 4) is 0 Å². The van der Waals surface area contributed by atoms with Crippen molar-refractivity contribution in [2.24, 2.45) is 5.92 Å². The third-order valence-electron chi connectivity index (χ3n) is 1.80. The quantitative estimate of drug-likeness (QED) is 0.663. The lowest BCUT2D eigenvalue weighted by atomic mass is 10.0. The first-order valence-corrected chi connectivity index (χ1v) is 4.49. The number of carbonyl (C=O) groups is 1. The maximum absolute atomic E-state index is 11.4. The van der Waals surface area contributed by atoms with Gasteiger partial charge in [0.15, 0.2) is 5.78 Å². The number of ketones is 1. The SMILES string of the molecule is CC(C)CCC(=O)c1cnccn1. The van der Waals surface area contributed by atoms with Crippen LogP contribution in [0.3, 0.4) is 0 Å². The molecular weight excluding hydrogens is 164 g/mol. The van der Waals surface area contributed by atoms with E-state index < -0.39 is 0 Å². The number of nitrogens with zero attached hydrogens (tertiary/aromatic N) is 2. The Morgan fingerprint density at radius 1 is 1.46 bits per heavy atom. The smallest absolute Gasteiger partial charge is 0.182 e. The summed E-state index contributed by atoms with van der Waals surface area (Å²) in [6.07, 6.45) is 6.11. The molecule has 0 bridgehead atoms. The van der Waals surface area contributed by atoms with Crippen LogP contribution in [0.15, 0.2) is 18.6 Å². The summed E-state index contributed by atoms with van der Waals surface area (Å²) in [7, 11) is 0. The maximum Gasteiger partial charge on any atom is 0.182 e. The molecule has 0 radical (unpaired) electrons. The lowest BCUT2D eigenvalue weighted by Crippen LogP contribution is -2.03. The predicted octanol–water partition coefficient (Wildman–Crippen LogP) is 2.10. The summed E-state index contributed by atoms with van der Waals surface area (Å²) in [5.74, 6) is 0.641. The molecule has 0 aliphatic heterocycles. The molecule has 0 aliphatic rings. The lowest BCUT2D eigenvalue weighted by Gasteiger charge is -2.02.